The lowest BCUT2D eigenvalue weighted by atomic mass is 9.96. The van der Waals surface area contributed by atoms with Crippen LogP contribution in [0.25, 0.3) is 0 Å². The van der Waals surface area contributed by atoms with E-state index < -0.39 is 5.82 Å². The Kier molecular flexibility index (Phi) is 5.66. The molecule has 1 atom stereocenters. The quantitative estimate of drug-likeness (QED) is 0.916. The van der Waals surface area contributed by atoms with E-state index in [1.807, 2.05) is 31.2 Å². The van der Waals surface area contributed by atoms with E-state index in [0.29, 0.717) is 19.6 Å². The van der Waals surface area contributed by atoms with Crippen molar-refractivity contribution in [2.24, 2.45) is 5.92 Å². The molecule has 1 fully saturated rings. The lowest BCUT2D eigenvalue weighted by Gasteiger charge is -2.32. The zero-order valence-electron chi connectivity index (χ0n) is 14.9. The molecule has 2 aromatic rings. The zero-order chi connectivity index (χ0) is 18.5. The fraction of sp³-hybridized carbons (Fsp3) is 0.333. The van der Waals surface area contributed by atoms with Crippen LogP contribution in [0.4, 0.5) is 4.39 Å². The first kappa shape index (κ1) is 18.1. The van der Waals surface area contributed by atoms with Gasteiger partial charge in [-0.1, -0.05) is 42.0 Å². The highest BCUT2D eigenvalue weighted by Crippen LogP contribution is 2.20. The molecule has 4 nitrogen and oxygen atoms in total. The van der Waals surface area contributed by atoms with Gasteiger partial charge >= 0.3 is 0 Å². The third-order valence-corrected chi connectivity index (χ3v) is 4.77. The summed E-state index contributed by atoms with van der Waals surface area (Å²) in [5.74, 6) is -1.19. The smallest absolute Gasteiger partial charge is 0.256 e. The first-order valence-electron chi connectivity index (χ1n) is 8.91. The summed E-state index contributed by atoms with van der Waals surface area (Å²) in [7, 11) is 0. The minimum absolute atomic E-state index is 0.0587. The summed E-state index contributed by atoms with van der Waals surface area (Å²) in [6.07, 6.45) is 1.48. The normalized spacial score (nSPS) is 17.0. The highest BCUT2D eigenvalue weighted by Gasteiger charge is 2.29. The molecule has 0 aromatic heterocycles. The molecule has 1 aliphatic heterocycles. The molecule has 2 amide bonds. The maximum absolute atomic E-state index is 13.9. The number of hydrogen-bond acceptors (Lipinski definition) is 2. The standard InChI is InChI=1S/C21H23FN2O2/c1-15-8-10-16(11-9-15)13-23-20(25)17-5-4-12-24(14-17)21(26)18-6-2-3-7-19(18)22/h2-3,6-11,17H,4-5,12-14H2,1H3,(H,23,25)/t17-/m0/s1. The molecule has 2 aromatic carbocycles. The fourth-order valence-corrected chi connectivity index (χ4v) is 3.22. The van der Waals surface area contributed by atoms with Gasteiger partial charge in [-0.25, -0.2) is 4.39 Å². The summed E-state index contributed by atoms with van der Waals surface area (Å²) in [6.45, 7) is 3.37. The van der Waals surface area contributed by atoms with E-state index >= 15 is 0 Å². The van der Waals surface area contributed by atoms with Gasteiger partial charge in [0.25, 0.3) is 5.91 Å². The molecule has 5 heteroatoms. The number of likely N-dealkylation sites (tertiary alicyclic amines) is 1. The number of nitrogens with one attached hydrogen (secondary N) is 1. The van der Waals surface area contributed by atoms with Crippen molar-refractivity contribution in [1.29, 1.82) is 0 Å². The number of carbonyl (C=O) groups excluding carboxylic acids is 2. The van der Waals surface area contributed by atoms with Crippen LogP contribution >= 0.6 is 0 Å². The number of piperidine rings is 1. The van der Waals surface area contributed by atoms with Crippen LogP contribution in [0.15, 0.2) is 48.5 Å². The van der Waals surface area contributed by atoms with Crippen molar-refractivity contribution in [3.8, 4) is 0 Å². The molecule has 1 aliphatic rings. The molecule has 0 bridgehead atoms. The van der Waals surface area contributed by atoms with E-state index in [2.05, 4.69) is 5.32 Å². The van der Waals surface area contributed by atoms with Crippen LogP contribution in [0.1, 0.15) is 34.3 Å². The lowest BCUT2D eigenvalue weighted by molar-refractivity contribution is -0.126. The van der Waals surface area contributed by atoms with Gasteiger partial charge in [0.1, 0.15) is 5.82 Å². The number of amides is 2. The van der Waals surface area contributed by atoms with Crippen LogP contribution in [0.5, 0.6) is 0 Å². The predicted octanol–water partition coefficient (Wildman–Crippen LogP) is 3.30. The molecule has 0 saturated carbocycles. The molecule has 1 N–H and O–H groups in total. The van der Waals surface area contributed by atoms with Gasteiger partial charge in [-0.3, -0.25) is 9.59 Å². The van der Waals surface area contributed by atoms with Crippen molar-refractivity contribution in [2.75, 3.05) is 13.1 Å². The van der Waals surface area contributed by atoms with E-state index in [1.54, 1.807) is 17.0 Å². The predicted molar refractivity (Wildman–Crippen MR) is 98.1 cm³/mol. The third kappa shape index (κ3) is 4.28. The molecule has 136 valence electrons. The van der Waals surface area contributed by atoms with Crippen LogP contribution in [0.3, 0.4) is 0 Å². The average molecular weight is 354 g/mol. The Morgan fingerprint density at radius 3 is 2.62 bits per heavy atom. The number of rotatable bonds is 4. The van der Waals surface area contributed by atoms with Crippen molar-refractivity contribution >= 4 is 11.8 Å². The van der Waals surface area contributed by atoms with Gasteiger partial charge in [-0.2, -0.15) is 0 Å². The molecular weight excluding hydrogens is 331 g/mol. The Labute approximate surface area is 153 Å². The first-order valence-corrected chi connectivity index (χ1v) is 8.91. The summed E-state index contributed by atoms with van der Waals surface area (Å²) < 4.78 is 13.9. The van der Waals surface area contributed by atoms with Gasteiger partial charge in [0.2, 0.25) is 5.91 Å². The van der Waals surface area contributed by atoms with E-state index in [9.17, 15) is 14.0 Å². The van der Waals surface area contributed by atoms with Crippen molar-refractivity contribution in [2.45, 2.75) is 26.3 Å². The molecule has 0 spiro atoms. The first-order chi connectivity index (χ1) is 12.5. The number of hydrogen-bond donors (Lipinski definition) is 1. The van der Waals surface area contributed by atoms with E-state index in [0.717, 1.165) is 18.4 Å². The van der Waals surface area contributed by atoms with Gasteiger partial charge in [-0.05, 0) is 37.5 Å². The second kappa shape index (κ2) is 8.13. The Hall–Kier alpha value is -2.69. The maximum Gasteiger partial charge on any atom is 0.256 e. The van der Waals surface area contributed by atoms with Crippen LogP contribution in [0.2, 0.25) is 0 Å². The second-order valence-corrected chi connectivity index (χ2v) is 6.77. The molecule has 0 aliphatic carbocycles. The topological polar surface area (TPSA) is 49.4 Å². The second-order valence-electron chi connectivity index (χ2n) is 6.77. The lowest BCUT2D eigenvalue weighted by Crippen LogP contribution is -2.45. The highest BCUT2D eigenvalue weighted by molar-refractivity contribution is 5.95. The minimum Gasteiger partial charge on any atom is -0.352 e. The summed E-state index contributed by atoms with van der Waals surface area (Å²) in [5.41, 5.74) is 2.28. The molecular formula is C21H23FN2O2. The molecule has 26 heavy (non-hydrogen) atoms. The molecule has 0 radical (unpaired) electrons. The maximum atomic E-state index is 13.9. The minimum atomic E-state index is -0.525. The molecule has 1 saturated heterocycles. The van der Waals surface area contributed by atoms with Gasteiger partial charge in [-0.15, -0.1) is 0 Å². The monoisotopic (exact) mass is 354 g/mol. The largest absolute Gasteiger partial charge is 0.352 e. The van der Waals surface area contributed by atoms with Crippen LogP contribution < -0.4 is 5.32 Å². The van der Waals surface area contributed by atoms with Crippen molar-refractivity contribution < 1.29 is 14.0 Å². The number of aryl methyl sites for hydroxylation is 1. The third-order valence-electron chi connectivity index (χ3n) is 4.77. The summed E-state index contributed by atoms with van der Waals surface area (Å²) in [5, 5.41) is 2.95. The van der Waals surface area contributed by atoms with E-state index in [4.69, 9.17) is 0 Å². The van der Waals surface area contributed by atoms with Gasteiger partial charge in [0.15, 0.2) is 0 Å². The van der Waals surface area contributed by atoms with Crippen molar-refractivity contribution in [3.63, 3.8) is 0 Å². The van der Waals surface area contributed by atoms with Gasteiger partial charge < -0.3 is 10.2 Å². The fourth-order valence-electron chi connectivity index (χ4n) is 3.22. The van der Waals surface area contributed by atoms with Gasteiger partial charge in [0.05, 0.1) is 11.5 Å². The highest BCUT2D eigenvalue weighted by atomic mass is 19.1. The van der Waals surface area contributed by atoms with E-state index in [1.165, 1.54) is 17.7 Å². The van der Waals surface area contributed by atoms with Crippen LogP contribution in [0, 0.1) is 18.7 Å². The average Bonchev–Trinajstić information content (AvgIpc) is 2.67. The van der Waals surface area contributed by atoms with Crippen LogP contribution in [-0.4, -0.2) is 29.8 Å². The summed E-state index contributed by atoms with van der Waals surface area (Å²) in [6, 6.07) is 14.0. The zero-order valence-corrected chi connectivity index (χ0v) is 14.9. The SMILES string of the molecule is Cc1ccc(CNC(=O)[C@H]2CCCN(C(=O)c3ccccc3F)C2)cc1. The Morgan fingerprint density at radius 2 is 1.88 bits per heavy atom. The van der Waals surface area contributed by atoms with E-state index in [-0.39, 0.29) is 23.3 Å². The number of carbonyl (C=O) groups is 2. The van der Waals surface area contributed by atoms with Crippen molar-refractivity contribution in [1.82, 2.24) is 10.2 Å². The number of halogens is 1. The Bertz CT molecular complexity index is 789. The van der Waals surface area contributed by atoms with Crippen molar-refractivity contribution in [3.05, 3.63) is 71.0 Å². The molecule has 1 heterocycles. The molecule has 0 unspecified atom stereocenters. The van der Waals surface area contributed by atoms with Crippen LogP contribution in [-0.2, 0) is 11.3 Å². The summed E-state index contributed by atoms with van der Waals surface area (Å²) in [4.78, 5) is 26.6. The summed E-state index contributed by atoms with van der Waals surface area (Å²) >= 11 is 0. The Balaban J connectivity index is 1.59. The number of nitrogens with zero attached hydrogens (tertiary/aromatic N) is 1. The molecule has 3 rings (SSSR count). The van der Waals surface area contributed by atoms with Gasteiger partial charge in [0, 0.05) is 19.6 Å². The number of benzene rings is 2. The Morgan fingerprint density at radius 1 is 1.15 bits per heavy atom.